The van der Waals surface area contributed by atoms with E-state index in [1.165, 1.54) is 0 Å². The van der Waals surface area contributed by atoms with Crippen LogP contribution in [0.2, 0.25) is 0 Å². The summed E-state index contributed by atoms with van der Waals surface area (Å²) in [6.45, 7) is 4.22. The lowest BCUT2D eigenvalue weighted by molar-refractivity contribution is -0.161. The Morgan fingerprint density at radius 3 is 0.808 bits per heavy atom. The Morgan fingerprint density at radius 1 is 0.279 bits per heavy atom. The summed E-state index contributed by atoms with van der Waals surface area (Å²) in [5.74, 6) is -2.40. The highest BCUT2D eigenvalue weighted by Crippen LogP contribution is 2.45. The average Bonchev–Trinajstić information content (AvgIpc) is 1.21. The van der Waals surface area contributed by atoms with Crippen LogP contribution in [0.1, 0.15) is 272 Å². The Balaban J connectivity index is 5.49. The molecule has 588 valence electrons. The Kier molecular flexibility index (Phi) is 71.2. The number of aliphatic hydroxyl groups is 1. The van der Waals surface area contributed by atoms with Gasteiger partial charge < -0.3 is 33.8 Å². The standard InChI is InChI=1S/C85H136O17P2/c1-5-9-13-17-21-25-29-33-37-39-43-45-49-53-57-61-65-69-82(87)95-75-80(101-84(89)71-67-63-59-55-51-47-41-35-31-27-23-19-15-11-7-3)77-99-103(91,92)97-73-79(86)74-98-104(93,94)100-78-81(102-85(90)72-68-64-60-56-52-48-42-36-32-28-24-20-16-12-8-4)76-96-83(88)70-66-62-58-54-50-46-44-40-38-34-30-26-22-18-14-10-6-2/h9-16,21-28,33-38,41-43,45,51,55,63,67,79-81,86H,5-8,17-20,29-32,39-40,44,46-50,52-54,56-62,64-66,68-78H2,1-4H3,(H,91,92)(H,93,94)/b13-9-,14-10-,15-11-,16-12-,25-21-,26-22-,27-23-,28-24-,37-33-,38-34-,41-35-,42-36-,45-43-,55-51-,67-63-. The van der Waals surface area contributed by atoms with Crippen molar-refractivity contribution in [1.82, 2.24) is 0 Å². The smallest absolute Gasteiger partial charge is 0.462 e. The van der Waals surface area contributed by atoms with Gasteiger partial charge in [-0.2, -0.15) is 0 Å². The van der Waals surface area contributed by atoms with Crippen molar-refractivity contribution in [1.29, 1.82) is 0 Å². The number of phosphoric ester groups is 2. The first-order valence-corrected chi connectivity index (χ1v) is 42.0. The summed E-state index contributed by atoms with van der Waals surface area (Å²) in [7, 11) is -10.0. The first kappa shape index (κ1) is 98.2. The second-order valence-electron chi connectivity index (χ2n) is 25.1. The van der Waals surface area contributed by atoms with Crippen LogP contribution in [-0.4, -0.2) is 96.7 Å². The number of unbranched alkanes of at least 4 members (excludes halogenated alkanes) is 16. The van der Waals surface area contributed by atoms with Crippen molar-refractivity contribution >= 4 is 39.5 Å². The highest BCUT2D eigenvalue weighted by molar-refractivity contribution is 7.47. The van der Waals surface area contributed by atoms with E-state index in [0.29, 0.717) is 25.7 Å². The fourth-order valence-corrected chi connectivity index (χ4v) is 11.2. The Morgan fingerprint density at radius 2 is 0.510 bits per heavy atom. The molecule has 0 saturated heterocycles. The van der Waals surface area contributed by atoms with Gasteiger partial charge in [-0.1, -0.05) is 274 Å². The van der Waals surface area contributed by atoms with Crippen LogP contribution in [-0.2, 0) is 65.4 Å². The molecule has 3 N–H and O–H groups in total. The normalized spacial score (nSPS) is 14.9. The summed E-state index contributed by atoms with van der Waals surface area (Å²) in [4.78, 5) is 72.9. The highest BCUT2D eigenvalue weighted by atomic mass is 31.2. The molecular weight excluding hydrogens is 1350 g/mol. The molecule has 0 heterocycles. The highest BCUT2D eigenvalue weighted by Gasteiger charge is 2.30. The monoisotopic (exact) mass is 1490 g/mol. The lowest BCUT2D eigenvalue weighted by atomic mass is 10.1. The Hall–Kier alpha value is -5.84. The molecule has 5 unspecified atom stereocenters. The van der Waals surface area contributed by atoms with Gasteiger partial charge in [-0.15, -0.1) is 0 Å². The zero-order valence-corrected chi connectivity index (χ0v) is 65.9. The van der Waals surface area contributed by atoms with E-state index in [2.05, 4.69) is 186 Å². The lowest BCUT2D eigenvalue weighted by Crippen LogP contribution is -2.30. The average molecular weight is 1490 g/mol. The van der Waals surface area contributed by atoms with E-state index in [4.69, 9.17) is 37.0 Å². The van der Waals surface area contributed by atoms with Crippen molar-refractivity contribution in [3.63, 3.8) is 0 Å². The summed E-state index contributed by atoms with van der Waals surface area (Å²) in [5.41, 5.74) is 0. The number of hydrogen-bond acceptors (Lipinski definition) is 15. The van der Waals surface area contributed by atoms with Crippen LogP contribution in [0.5, 0.6) is 0 Å². The maximum atomic E-state index is 13.1. The molecule has 0 fully saturated rings. The van der Waals surface area contributed by atoms with Crippen molar-refractivity contribution in [3.05, 3.63) is 182 Å². The SMILES string of the molecule is CC/C=C\C/C=C\C/C=C\C/C=C\C/C=C\CC(=O)OC(COC(=O)CCCCCC/C=C\C/C=C\C/C=C\C/C=C\CC)COP(=O)(O)OCC(O)COP(=O)(O)OCC(COC(=O)CCCCCCCCC/C=C\C/C=C\C/C=C\CC)OC(=O)CCCCCCC/C=C\C/C=C\C/C=C\CC. The van der Waals surface area contributed by atoms with Gasteiger partial charge >= 0.3 is 39.5 Å². The van der Waals surface area contributed by atoms with Crippen LogP contribution < -0.4 is 0 Å². The molecule has 104 heavy (non-hydrogen) atoms. The molecule has 0 aromatic carbocycles. The van der Waals surface area contributed by atoms with E-state index in [-0.39, 0.29) is 25.7 Å². The van der Waals surface area contributed by atoms with Crippen LogP contribution in [0.25, 0.3) is 0 Å². The third-order valence-corrected chi connectivity index (χ3v) is 17.3. The predicted molar refractivity (Wildman–Crippen MR) is 426 cm³/mol. The molecule has 0 aliphatic rings. The van der Waals surface area contributed by atoms with E-state index in [9.17, 15) is 43.2 Å². The zero-order chi connectivity index (χ0) is 76.0. The molecule has 19 heteroatoms. The molecule has 0 aromatic rings. The van der Waals surface area contributed by atoms with Crippen molar-refractivity contribution in [2.45, 2.75) is 290 Å². The van der Waals surface area contributed by atoms with Crippen LogP contribution in [0.4, 0.5) is 0 Å². The number of carbonyl (C=O) groups is 4. The molecule has 0 aliphatic carbocycles. The van der Waals surface area contributed by atoms with Crippen LogP contribution in [0.3, 0.4) is 0 Å². The minimum Gasteiger partial charge on any atom is -0.462 e. The number of aliphatic hydroxyl groups excluding tert-OH is 1. The van der Waals surface area contributed by atoms with Crippen molar-refractivity contribution < 1.29 is 80.2 Å². The predicted octanol–water partition coefficient (Wildman–Crippen LogP) is 22.8. The van der Waals surface area contributed by atoms with Crippen molar-refractivity contribution in [3.8, 4) is 0 Å². The summed E-state index contributed by atoms with van der Waals surface area (Å²) >= 11 is 0. The van der Waals surface area contributed by atoms with Crippen LogP contribution in [0.15, 0.2) is 182 Å². The van der Waals surface area contributed by atoms with E-state index in [1.807, 2.05) is 12.2 Å². The third-order valence-electron chi connectivity index (χ3n) is 15.4. The Labute approximate surface area is 628 Å². The minimum absolute atomic E-state index is 0.0636. The summed E-state index contributed by atoms with van der Waals surface area (Å²) in [6, 6.07) is 0. The van der Waals surface area contributed by atoms with Gasteiger partial charge in [0.1, 0.15) is 19.3 Å². The van der Waals surface area contributed by atoms with Crippen molar-refractivity contribution in [2.24, 2.45) is 0 Å². The second-order valence-corrected chi connectivity index (χ2v) is 28.0. The largest absolute Gasteiger partial charge is 0.472 e. The van der Waals surface area contributed by atoms with E-state index < -0.39 is 97.5 Å². The third kappa shape index (κ3) is 74.4. The second kappa shape index (κ2) is 75.4. The van der Waals surface area contributed by atoms with E-state index in [0.717, 1.165) is 193 Å². The molecule has 0 bridgehead atoms. The van der Waals surface area contributed by atoms with Gasteiger partial charge in [0, 0.05) is 19.3 Å². The fraction of sp³-hybridized carbons (Fsp3) is 0.600. The summed E-state index contributed by atoms with van der Waals surface area (Å²) < 4.78 is 68.4. The maximum absolute atomic E-state index is 13.1. The quantitative estimate of drug-likeness (QED) is 0.0169. The molecule has 17 nitrogen and oxygen atoms in total. The summed E-state index contributed by atoms with van der Waals surface area (Å²) in [5, 5.41) is 10.6. The van der Waals surface area contributed by atoms with Gasteiger partial charge in [0.25, 0.3) is 0 Å². The van der Waals surface area contributed by atoms with Gasteiger partial charge in [0.15, 0.2) is 12.2 Å². The topological polar surface area (TPSA) is 237 Å². The molecule has 0 spiro atoms. The molecule has 5 atom stereocenters. The number of hydrogen-bond donors (Lipinski definition) is 3. The lowest BCUT2D eigenvalue weighted by Gasteiger charge is -2.21. The number of phosphoric acid groups is 2. The molecule has 0 saturated carbocycles. The van der Waals surface area contributed by atoms with E-state index >= 15 is 0 Å². The number of allylic oxidation sites excluding steroid dienone is 29. The number of rotatable bonds is 71. The molecule has 0 rings (SSSR count). The van der Waals surface area contributed by atoms with Gasteiger partial charge in [-0.3, -0.25) is 37.3 Å². The number of carbonyl (C=O) groups excluding carboxylic acids is 4. The van der Waals surface area contributed by atoms with Crippen LogP contribution >= 0.6 is 15.6 Å². The minimum atomic E-state index is -5.02. The first-order chi connectivity index (χ1) is 50.7. The molecular formula is C85H136O17P2. The Bertz CT molecular complexity index is 2690. The van der Waals surface area contributed by atoms with Crippen molar-refractivity contribution in [2.75, 3.05) is 39.6 Å². The summed E-state index contributed by atoms with van der Waals surface area (Å²) in [6.07, 6.45) is 90.5. The number of esters is 4. The molecule has 0 radical (unpaired) electrons. The number of ether oxygens (including phenoxy) is 4. The van der Waals surface area contributed by atoms with Gasteiger partial charge in [0.2, 0.25) is 0 Å². The first-order valence-electron chi connectivity index (χ1n) is 39.0. The maximum Gasteiger partial charge on any atom is 0.472 e. The fourth-order valence-electron chi connectivity index (χ4n) is 9.61. The van der Waals surface area contributed by atoms with E-state index in [1.54, 1.807) is 12.2 Å². The van der Waals surface area contributed by atoms with Crippen LogP contribution in [0, 0.1) is 0 Å². The van der Waals surface area contributed by atoms with Gasteiger partial charge in [-0.25, -0.2) is 9.13 Å². The molecule has 0 aromatic heterocycles. The molecule has 0 aliphatic heterocycles. The molecule has 0 amide bonds. The van der Waals surface area contributed by atoms with Gasteiger partial charge in [0.05, 0.1) is 32.8 Å². The van der Waals surface area contributed by atoms with Gasteiger partial charge in [-0.05, 0) is 154 Å². The zero-order valence-electron chi connectivity index (χ0n) is 64.1.